The van der Waals surface area contributed by atoms with Gasteiger partial charge in [-0.15, -0.1) is 0 Å². The lowest BCUT2D eigenvalue weighted by Crippen LogP contribution is -2.39. The molecule has 5 rings (SSSR count). The highest BCUT2D eigenvalue weighted by Crippen LogP contribution is 2.40. The number of rotatable bonds is 5. The van der Waals surface area contributed by atoms with Crippen LogP contribution in [-0.4, -0.2) is 45.4 Å². The van der Waals surface area contributed by atoms with E-state index < -0.39 is 0 Å². The summed E-state index contributed by atoms with van der Waals surface area (Å²) in [6.07, 6.45) is 2.25. The maximum atomic E-state index is 12.5. The van der Waals surface area contributed by atoms with Crippen molar-refractivity contribution in [2.45, 2.75) is 38.3 Å². The maximum Gasteiger partial charge on any atom is 0.273 e. The summed E-state index contributed by atoms with van der Waals surface area (Å²) < 4.78 is 10.0. The predicted octanol–water partition coefficient (Wildman–Crippen LogP) is 2.34. The lowest BCUT2D eigenvalue weighted by molar-refractivity contribution is 0.0922. The Kier molecular flexibility index (Phi) is 3.93. The second-order valence-corrected chi connectivity index (χ2v) is 7.73. The highest BCUT2D eigenvalue weighted by atomic mass is 16.6. The number of nitrogens with one attached hydrogen (secondary N) is 1. The summed E-state index contributed by atoms with van der Waals surface area (Å²) in [4.78, 5) is 14.8. The predicted molar refractivity (Wildman–Crippen MR) is 96.0 cm³/mol. The Morgan fingerprint density at radius 2 is 2.04 bits per heavy atom. The molecule has 1 amide bonds. The molecular formula is C19H21N5O3. The Balaban J connectivity index is 1.21. The molecule has 2 aliphatic rings. The minimum absolute atomic E-state index is 0.0935. The zero-order valence-corrected chi connectivity index (χ0v) is 15.1. The number of amides is 1. The quantitative estimate of drug-likeness (QED) is 0.739. The van der Waals surface area contributed by atoms with Gasteiger partial charge >= 0.3 is 0 Å². The van der Waals surface area contributed by atoms with Gasteiger partial charge in [0.15, 0.2) is 5.69 Å². The molecule has 2 fully saturated rings. The zero-order valence-electron chi connectivity index (χ0n) is 15.1. The Morgan fingerprint density at radius 3 is 2.89 bits per heavy atom. The fraction of sp³-hybridized carbons (Fsp3) is 0.474. The van der Waals surface area contributed by atoms with Crippen LogP contribution in [0.2, 0.25) is 0 Å². The maximum absolute atomic E-state index is 12.5. The van der Waals surface area contributed by atoms with E-state index in [0.717, 1.165) is 54.8 Å². The molecule has 3 heterocycles. The largest absolute Gasteiger partial charge is 0.360 e. The van der Waals surface area contributed by atoms with Crippen LogP contribution in [0.4, 0.5) is 0 Å². The molecule has 0 unspecified atom stereocenters. The average molecular weight is 367 g/mol. The molecule has 1 aliphatic carbocycles. The third-order valence-corrected chi connectivity index (χ3v) is 5.47. The van der Waals surface area contributed by atoms with E-state index in [-0.39, 0.29) is 11.9 Å². The van der Waals surface area contributed by atoms with E-state index in [2.05, 4.69) is 32.6 Å². The number of hydrogen-bond acceptors (Lipinski definition) is 7. The topological polar surface area (TPSA) is 97.3 Å². The van der Waals surface area contributed by atoms with Gasteiger partial charge in [0.05, 0.1) is 0 Å². The van der Waals surface area contributed by atoms with Crippen LogP contribution in [0.25, 0.3) is 11.0 Å². The summed E-state index contributed by atoms with van der Waals surface area (Å²) in [5, 5.41) is 14.8. The molecule has 0 bridgehead atoms. The van der Waals surface area contributed by atoms with Gasteiger partial charge in [0.2, 0.25) is 0 Å². The number of likely N-dealkylation sites (tertiary alicyclic amines) is 1. The first kappa shape index (κ1) is 16.4. The SMILES string of the molecule is C[C@@H]1CN(Cc2ccc3nonc3c2)C[C@@H]1NC(=O)c1cc(C2CC2)on1. The van der Waals surface area contributed by atoms with E-state index in [1.165, 1.54) is 0 Å². The van der Waals surface area contributed by atoms with Crippen molar-refractivity contribution in [3.8, 4) is 0 Å². The molecule has 2 atom stereocenters. The first-order valence-electron chi connectivity index (χ1n) is 9.37. The molecule has 8 nitrogen and oxygen atoms in total. The number of nitrogens with zero attached hydrogens (tertiary/aromatic N) is 4. The van der Waals surface area contributed by atoms with Crippen molar-refractivity contribution in [3.05, 3.63) is 41.3 Å². The van der Waals surface area contributed by atoms with Gasteiger partial charge in [0.25, 0.3) is 5.91 Å². The molecule has 1 aliphatic heterocycles. The van der Waals surface area contributed by atoms with Gasteiger partial charge in [-0.3, -0.25) is 9.69 Å². The molecule has 0 radical (unpaired) electrons. The van der Waals surface area contributed by atoms with Crippen LogP contribution >= 0.6 is 0 Å². The first-order valence-corrected chi connectivity index (χ1v) is 9.37. The van der Waals surface area contributed by atoms with Crippen LogP contribution in [0.1, 0.15) is 47.5 Å². The number of aromatic nitrogens is 3. The van der Waals surface area contributed by atoms with Crippen molar-refractivity contribution in [2.75, 3.05) is 13.1 Å². The fourth-order valence-corrected chi connectivity index (χ4v) is 3.77. The summed E-state index contributed by atoms with van der Waals surface area (Å²) in [7, 11) is 0. The average Bonchev–Trinajstić information content (AvgIpc) is 3.05. The normalized spacial score (nSPS) is 23.1. The van der Waals surface area contributed by atoms with Crippen molar-refractivity contribution in [1.82, 2.24) is 25.7 Å². The number of carbonyl (C=O) groups excluding carboxylic acids is 1. The summed E-state index contributed by atoms with van der Waals surface area (Å²) >= 11 is 0. The minimum Gasteiger partial charge on any atom is -0.360 e. The van der Waals surface area contributed by atoms with Crippen molar-refractivity contribution in [1.29, 1.82) is 0 Å². The molecule has 1 N–H and O–H groups in total. The van der Waals surface area contributed by atoms with Crippen LogP contribution in [0.3, 0.4) is 0 Å². The van der Waals surface area contributed by atoms with Gasteiger partial charge in [0, 0.05) is 37.7 Å². The van der Waals surface area contributed by atoms with Gasteiger partial charge < -0.3 is 9.84 Å². The third-order valence-electron chi connectivity index (χ3n) is 5.47. The molecular weight excluding hydrogens is 346 g/mol. The summed E-state index contributed by atoms with van der Waals surface area (Å²) in [5.74, 6) is 1.50. The first-order chi connectivity index (χ1) is 13.2. The van der Waals surface area contributed by atoms with E-state index in [1.807, 2.05) is 18.2 Å². The van der Waals surface area contributed by atoms with Gasteiger partial charge in [-0.25, -0.2) is 4.63 Å². The molecule has 2 aromatic heterocycles. The van der Waals surface area contributed by atoms with Gasteiger partial charge in [-0.2, -0.15) is 0 Å². The lowest BCUT2D eigenvalue weighted by Gasteiger charge is -2.16. The van der Waals surface area contributed by atoms with E-state index in [1.54, 1.807) is 6.07 Å². The van der Waals surface area contributed by atoms with Crippen molar-refractivity contribution in [3.63, 3.8) is 0 Å². The minimum atomic E-state index is -0.153. The molecule has 27 heavy (non-hydrogen) atoms. The van der Waals surface area contributed by atoms with E-state index >= 15 is 0 Å². The molecule has 1 aromatic carbocycles. The van der Waals surface area contributed by atoms with Crippen LogP contribution < -0.4 is 5.32 Å². The monoisotopic (exact) mass is 367 g/mol. The Bertz CT molecular complexity index is 977. The van der Waals surface area contributed by atoms with E-state index in [0.29, 0.717) is 17.5 Å². The Morgan fingerprint density at radius 1 is 1.19 bits per heavy atom. The number of carbonyl (C=O) groups is 1. The Hall–Kier alpha value is -2.74. The van der Waals surface area contributed by atoms with Crippen molar-refractivity contribution < 1.29 is 13.9 Å². The van der Waals surface area contributed by atoms with Gasteiger partial charge in [-0.1, -0.05) is 18.1 Å². The molecule has 0 spiro atoms. The number of hydrogen-bond donors (Lipinski definition) is 1. The summed E-state index contributed by atoms with van der Waals surface area (Å²) in [5.41, 5.74) is 3.06. The van der Waals surface area contributed by atoms with Crippen molar-refractivity contribution in [2.24, 2.45) is 5.92 Å². The van der Waals surface area contributed by atoms with Crippen LogP contribution in [0.15, 0.2) is 33.4 Å². The standard InChI is InChI=1S/C19H21N5O3/c1-11-8-24(9-12-2-5-14-15(6-12)23-27-22-14)10-17(11)20-19(25)16-7-18(26-21-16)13-3-4-13/h2,5-7,11,13,17H,3-4,8-10H2,1H3,(H,20,25)/t11-,17+/m1/s1. The second-order valence-electron chi connectivity index (χ2n) is 7.73. The molecule has 8 heteroatoms. The second kappa shape index (κ2) is 6.45. The molecule has 3 aromatic rings. The van der Waals surface area contributed by atoms with Gasteiger partial charge in [0.1, 0.15) is 16.8 Å². The van der Waals surface area contributed by atoms with Crippen LogP contribution in [0.5, 0.6) is 0 Å². The smallest absolute Gasteiger partial charge is 0.273 e. The van der Waals surface area contributed by atoms with Crippen LogP contribution in [-0.2, 0) is 6.54 Å². The van der Waals surface area contributed by atoms with E-state index in [9.17, 15) is 4.79 Å². The Labute approximate surface area is 155 Å². The number of benzene rings is 1. The zero-order chi connectivity index (χ0) is 18.4. The van der Waals surface area contributed by atoms with Crippen LogP contribution in [0, 0.1) is 5.92 Å². The third kappa shape index (κ3) is 3.32. The number of fused-ring (bicyclic) bond motifs is 1. The summed E-state index contributed by atoms with van der Waals surface area (Å²) in [6, 6.07) is 7.83. The summed E-state index contributed by atoms with van der Waals surface area (Å²) in [6.45, 7) is 4.69. The highest BCUT2D eigenvalue weighted by molar-refractivity contribution is 5.92. The molecule has 140 valence electrons. The van der Waals surface area contributed by atoms with Gasteiger partial charge in [-0.05, 0) is 46.8 Å². The molecule has 1 saturated carbocycles. The highest BCUT2D eigenvalue weighted by Gasteiger charge is 2.33. The van der Waals surface area contributed by atoms with E-state index in [4.69, 9.17) is 9.15 Å². The fourth-order valence-electron chi connectivity index (χ4n) is 3.77. The van der Waals surface area contributed by atoms with Crippen molar-refractivity contribution >= 4 is 16.9 Å². The lowest BCUT2D eigenvalue weighted by atomic mass is 10.1. The molecule has 1 saturated heterocycles.